The van der Waals surface area contributed by atoms with Crippen LogP contribution in [0.1, 0.15) is 52.4 Å². The van der Waals surface area contributed by atoms with E-state index in [2.05, 4.69) is 37.7 Å². The fourth-order valence-electron chi connectivity index (χ4n) is 3.26. The second-order valence-corrected chi connectivity index (χ2v) is 5.97. The van der Waals surface area contributed by atoms with Crippen molar-refractivity contribution < 1.29 is 0 Å². The highest BCUT2D eigenvalue weighted by atomic mass is 15.1. The molecule has 0 aromatic heterocycles. The summed E-state index contributed by atoms with van der Waals surface area (Å²) < 4.78 is 0. The molecule has 1 aliphatic rings. The molecule has 0 unspecified atom stereocenters. The van der Waals surface area contributed by atoms with Crippen molar-refractivity contribution in [3.63, 3.8) is 0 Å². The molecule has 2 heteroatoms. The molecule has 1 fully saturated rings. The minimum Gasteiger partial charge on any atom is -0.309 e. The van der Waals surface area contributed by atoms with Crippen LogP contribution in [0.2, 0.25) is 0 Å². The first-order valence-corrected chi connectivity index (χ1v) is 7.56. The second kappa shape index (κ2) is 8.10. The van der Waals surface area contributed by atoms with Crippen LogP contribution in [0.15, 0.2) is 0 Å². The minimum absolute atomic E-state index is 0.883. The molecule has 2 nitrogen and oxygen atoms in total. The van der Waals surface area contributed by atoms with Crippen LogP contribution in [-0.2, 0) is 0 Å². The first-order valence-electron chi connectivity index (χ1n) is 7.56. The van der Waals surface area contributed by atoms with Gasteiger partial charge in [0.2, 0.25) is 0 Å². The average molecular weight is 240 g/mol. The van der Waals surface area contributed by atoms with Gasteiger partial charge < -0.3 is 9.80 Å². The monoisotopic (exact) mass is 240 g/mol. The summed E-state index contributed by atoms with van der Waals surface area (Å²) in [7, 11) is 4.40. The van der Waals surface area contributed by atoms with Gasteiger partial charge in [-0.2, -0.15) is 0 Å². The Hall–Kier alpha value is -0.0800. The van der Waals surface area contributed by atoms with Gasteiger partial charge in [-0.3, -0.25) is 0 Å². The third-order valence-corrected chi connectivity index (χ3v) is 3.98. The largest absolute Gasteiger partial charge is 0.309 e. The lowest BCUT2D eigenvalue weighted by Crippen LogP contribution is -2.40. The summed E-state index contributed by atoms with van der Waals surface area (Å²) in [6.07, 6.45) is 8.34. The van der Waals surface area contributed by atoms with Crippen molar-refractivity contribution in [1.82, 2.24) is 9.80 Å². The standard InChI is InChI=1S/C15H32N2/c1-5-11-17(12-6-2)15-9-7-14(8-10-15)13-16(3)4/h14-15H,5-13H2,1-4H3. The zero-order chi connectivity index (χ0) is 12.7. The van der Waals surface area contributed by atoms with Gasteiger partial charge in [0.1, 0.15) is 0 Å². The molecule has 1 saturated carbocycles. The summed E-state index contributed by atoms with van der Waals surface area (Å²) in [5.41, 5.74) is 0. The van der Waals surface area contributed by atoms with Gasteiger partial charge in [-0.05, 0) is 71.6 Å². The Balaban J connectivity index is 2.32. The van der Waals surface area contributed by atoms with Crippen LogP contribution in [0.5, 0.6) is 0 Å². The Morgan fingerprint density at radius 3 is 1.82 bits per heavy atom. The molecule has 0 spiro atoms. The van der Waals surface area contributed by atoms with Crippen molar-refractivity contribution in [1.29, 1.82) is 0 Å². The van der Waals surface area contributed by atoms with Crippen molar-refractivity contribution in [2.75, 3.05) is 33.7 Å². The minimum atomic E-state index is 0.883. The normalized spacial score (nSPS) is 25.8. The molecule has 0 N–H and O–H groups in total. The maximum atomic E-state index is 2.74. The SMILES string of the molecule is CCCN(CCC)C1CCC(CN(C)C)CC1. The van der Waals surface area contributed by atoms with Crippen molar-refractivity contribution in [3.05, 3.63) is 0 Å². The molecule has 102 valence electrons. The molecular formula is C15H32N2. The molecule has 1 aliphatic carbocycles. The van der Waals surface area contributed by atoms with E-state index in [0.29, 0.717) is 0 Å². The third kappa shape index (κ3) is 5.39. The van der Waals surface area contributed by atoms with Gasteiger partial charge in [0, 0.05) is 12.6 Å². The van der Waals surface area contributed by atoms with Gasteiger partial charge in [-0.25, -0.2) is 0 Å². The molecule has 1 rings (SSSR count). The lowest BCUT2D eigenvalue weighted by atomic mass is 9.85. The maximum absolute atomic E-state index is 2.74. The van der Waals surface area contributed by atoms with Crippen LogP contribution in [0.4, 0.5) is 0 Å². The highest BCUT2D eigenvalue weighted by Crippen LogP contribution is 2.28. The van der Waals surface area contributed by atoms with Crippen molar-refractivity contribution >= 4 is 0 Å². The molecule has 0 aromatic rings. The van der Waals surface area contributed by atoms with Crippen LogP contribution in [0, 0.1) is 5.92 Å². The van der Waals surface area contributed by atoms with Gasteiger partial charge in [-0.15, -0.1) is 0 Å². The summed E-state index contributed by atoms with van der Waals surface area (Å²) in [6, 6.07) is 0.883. The Kier molecular flexibility index (Phi) is 7.14. The summed E-state index contributed by atoms with van der Waals surface area (Å²) in [4.78, 5) is 5.09. The van der Waals surface area contributed by atoms with Gasteiger partial charge in [0.25, 0.3) is 0 Å². The molecule has 0 bridgehead atoms. The number of nitrogens with zero attached hydrogens (tertiary/aromatic N) is 2. The molecule has 0 heterocycles. The molecule has 0 atom stereocenters. The first kappa shape index (κ1) is 15.0. The predicted octanol–water partition coefficient (Wildman–Crippen LogP) is 3.23. The van der Waals surface area contributed by atoms with Gasteiger partial charge >= 0.3 is 0 Å². The van der Waals surface area contributed by atoms with E-state index < -0.39 is 0 Å². The molecule has 0 aromatic carbocycles. The third-order valence-electron chi connectivity index (χ3n) is 3.98. The van der Waals surface area contributed by atoms with Gasteiger partial charge in [0.15, 0.2) is 0 Å². The van der Waals surface area contributed by atoms with Crippen molar-refractivity contribution in [2.24, 2.45) is 5.92 Å². The number of hydrogen-bond acceptors (Lipinski definition) is 2. The van der Waals surface area contributed by atoms with E-state index in [-0.39, 0.29) is 0 Å². The van der Waals surface area contributed by atoms with E-state index in [1.807, 2.05) is 0 Å². The Labute approximate surface area is 108 Å². The average Bonchev–Trinajstić information content (AvgIpc) is 2.29. The zero-order valence-corrected chi connectivity index (χ0v) is 12.4. The summed E-state index contributed by atoms with van der Waals surface area (Å²) >= 11 is 0. The fraction of sp³-hybridized carbons (Fsp3) is 1.00. The molecule has 17 heavy (non-hydrogen) atoms. The lowest BCUT2D eigenvalue weighted by Gasteiger charge is -2.37. The topological polar surface area (TPSA) is 6.48 Å². The second-order valence-electron chi connectivity index (χ2n) is 5.97. The highest BCUT2D eigenvalue weighted by molar-refractivity contribution is 4.80. The predicted molar refractivity (Wildman–Crippen MR) is 76.5 cm³/mol. The smallest absolute Gasteiger partial charge is 0.00954 e. The van der Waals surface area contributed by atoms with Crippen LogP contribution in [0.25, 0.3) is 0 Å². The highest BCUT2D eigenvalue weighted by Gasteiger charge is 2.25. The molecular weight excluding hydrogens is 208 g/mol. The van der Waals surface area contributed by atoms with Crippen LogP contribution in [0.3, 0.4) is 0 Å². The van der Waals surface area contributed by atoms with Crippen molar-refractivity contribution in [2.45, 2.75) is 58.4 Å². The Morgan fingerprint density at radius 1 is 0.882 bits per heavy atom. The summed E-state index contributed by atoms with van der Waals surface area (Å²) in [6.45, 7) is 8.50. The molecule has 0 saturated heterocycles. The summed E-state index contributed by atoms with van der Waals surface area (Å²) in [5, 5.41) is 0. The van der Waals surface area contributed by atoms with Gasteiger partial charge in [-0.1, -0.05) is 13.8 Å². The number of hydrogen-bond donors (Lipinski definition) is 0. The lowest BCUT2D eigenvalue weighted by molar-refractivity contribution is 0.127. The van der Waals surface area contributed by atoms with E-state index in [9.17, 15) is 0 Å². The van der Waals surface area contributed by atoms with Gasteiger partial charge in [0.05, 0.1) is 0 Å². The van der Waals surface area contributed by atoms with E-state index in [1.165, 1.54) is 58.2 Å². The Bertz CT molecular complexity index is 177. The van der Waals surface area contributed by atoms with Crippen LogP contribution in [-0.4, -0.2) is 49.6 Å². The van der Waals surface area contributed by atoms with E-state index in [1.54, 1.807) is 0 Å². The van der Waals surface area contributed by atoms with Crippen molar-refractivity contribution in [3.8, 4) is 0 Å². The first-order chi connectivity index (χ1) is 8.17. The molecule has 0 amide bonds. The van der Waals surface area contributed by atoms with Crippen LogP contribution >= 0.6 is 0 Å². The molecule has 0 aliphatic heterocycles. The summed E-state index contributed by atoms with van der Waals surface area (Å²) in [5.74, 6) is 0.950. The maximum Gasteiger partial charge on any atom is 0.00954 e. The zero-order valence-electron chi connectivity index (χ0n) is 12.4. The number of rotatable bonds is 7. The van der Waals surface area contributed by atoms with E-state index in [4.69, 9.17) is 0 Å². The molecule has 0 radical (unpaired) electrons. The quantitative estimate of drug-likeness (QED) is 0.674. The van der Waals surface area contributed by atoms with E-state index >= 15 is 0 Å². The van der Waals surface area contributed by atoms with E-state index in [0.717, 1.165) is 12.0 Å². The van der Waals surface area contributed by atoms with Crippen LogP contribution < -0.4 is 0 Å². The Morgan fingerprint density at radius 2 is 1.41 bits per heavy atom. The fourth-order valence-corrected chi connectivity index (χ4v) is 3.26.